The van der Waals surface area contributed by atoms with Crippen molar-refractivity contribution in [3.8, 4) is 0 Å². The van der Waals surface area contributed by atoms with Gasteiger partial charge in [-0.15, -0.1) is 5.10 Å². The predicted molar refractivity (Wildman–Crippen MR) is 98.5 cm³/mol. The zero-order chi connectivity index (χ0) is 18.1. The molecule has 3 aliphatic rings. The third kappa shape index (κ3) is 2.84. The molecule has 1 saturated heterocycles. The summed E-state index contributed by atoms with van der Waals surface area (Å²) < 4.78 is 2.10. The van der Waals surface area contributed by atoms with Crippen LogP contribution in [0.1, 0.15) is 77.1 Å². The summed E-state index contributed by atoms with van der Waals surface area (Å²) in [6.07, 6.45) is 9.10. The Hall–Kier alpha value is -1.50. The van der Waals surface area contributed by atoms with Gasteiger partial charge in [0.1, 0.15) is 5.54 Å². The second-order valence-electron chi connectivity index (χ2n) is 8.23. The van der Waals surface area contributed by atoms with E-state index >= 15 is 0 Å². The van der Waals surface area contributed by atoms with Crippen molar-refractivity contribution in [3.05, 3.63) is 5.82 Å². The highest BCUT2D eigenvalue weighted by Gasteiger charge is 2.50. The molecule has 1 aromatic rings. The summed E-state index contributed by atoms with van der Waals surface area (Å²) in [7, 11) is 0. The number of nitrogens with zero attached hydrogens (tertiary/aromatic N) is 6. The summed E-state index contributed by atoms with van der Waals surface area (Å²) >= 11 is 0. The first-order valence-electron chi connectivity index (χ1n) is 10.5. The maximum absolute atomic E-state index is 12.9. The molecule has 7 heteroatoms. The fraction of sp³-hybridized carbons (Fsp3) is 0.895. The second-order valence-corrected chi connectivity index (χ2v) is 8.23. The highest BCUT2D eigenvalue weighted by Crippen LogP contribution is 2.41. The van der Waals surface area contributed by atoms with Gasteiger partial charge in [0.25, 0.3) is 0 Å². The minimum absolute atomic E-state index is 0.241. The number of hydrogen-bond acceptors (Lipinski definition) is 5. The molecule has 144 valence electrons. The molecule has 0 bridgehead atoms. The van der Waals surface area contributed by atoms with Gasteiger partial charge < -0.3 is 4.90 Å². The van der Waals surface area contributed by atoms with Gasteiger partial charge in [-0.05, 0) is 55.6 Å². The number of carbonyl (C=O) groups excluding carboxylic acids is 1. The zero-order valence-corrected chi connectivity index (χ0v) is 16.2. The lowest BCUT2D eigenvalue weighted by molar-refractivity contribution is -0.137. The third-order valence-corrected chi connectivity index (χ3v) is 6.96. The molecule has 1 amide bonds. The molecule has 3 fully saturated rings. The van der Waals surface area contributed by atoms with Gasteiger partial charge in [0, 0.05) is 19.0 Å². The monoisotopic (exact) mass is 360 g/mol. The van der Waals surface area contributed by atoms with E-state index in [4.69, 9.17) is 0 Å². The number of amides is 1. The van der Waals surface area contributed by atoms with Crippen molar-refractivity contribution in [2.45, 2.75) is 76.8 Å². The molecule has 2 heterocycles. The lowest BCUT2D eigenvalue weighted by Crippen LogP contribution is -2.51. The molecule has 2 saturated carbocycles. The molecule has 1 atom stereocenters. The van der Waals surface area contributed by atoms with Crippen LogP contribution in [0.3, 0.4) is 0 Å². The molecule has 4 rings (SSSR count). The van der Waals surface area contributed by atoms with E-state index in [-0.39, 0.29) is 11.5 Å². The number of tetrazole rings is 1. The van der Waals surface area contributed by atoms with Crippen molar-refractivity contribution < 1.29 is 4.79 Å². The van der Waals surface area contributed by atoms with E-state index in [0.29, 0.717) is 11.9 Å². The topological polar surface area (TPSA) is 67.2 Å². The summed E-state index contributed by atoms with van der Waals surface area (Å²) in [6, 6.07) is 0.420. The standard InChI is InChI=1S/C19H32N6O/c1-3-24(4-2)19(12-13-23(14-19)17(26)15-8-7-9-15)18-20-21-22-25(18)16-10-5-6-11-16/h15-16H,3-14H2,1-2H3. The van der Waals surface area contributed by atoms with Gasteiger partial charge in [0.2, 0.25) is 5.91 Å². The average molecular weight is 361 g/mol. The average Bonchev–Trinajstić information content (AvgIpc) is 3.34. The Balaban J connectivity index is 1.65. The van der Waals surface area contributed by atoms with Crippen LogP contribution in [-0.4, -0.2) is 62.1 Å². The molecule has 1 unspecified atom stereocenters. The minimum Gasteiger partial charge on any atom is -0.340 e. The largest absolute Gasteiger partial charge is 0.340 e. The lowest BCUT2D eigenvalue weighted by Gasteiger charge is -2.40. The van der Waals surface area contributed by atoms with Crippen molar-refractivity contribution in [2.75, 3.05) is 26.2 Å². The molecule has 1 aromatic heterocycles. The van der Waals surface area contributed by atoms with Gasteiger partial charge in [0.15, 0.2) is 5.82 Å². The molecular weight excluding hydrogens is 328 g/mol. The molecule has 26 heavy (non-hydrogen) atoms. The van der Waals surface area contributed by atoms with Crippen LogP contribution in [0, 0.1) is 5.92 Å². The first-order chi connectivity index (χ1) is 12.7. The Labute approximate surface area is 156 Å². The maximum atomic E-state index is 12.9. The molecule has 0 N–H and O–H groups in total. The quantitative estimate of drug-likeness (QED) is 0.779. The first-order valence-corrected chi connectivity index (χ1v) is 10.5. The first kappa shape index (κ1) is 17.9. The van der Waals surface area contributed by atoms with Crippen LogP contribution in [0.2, 0.25) is 0 Å². The van der Waals surface area contributed by atoms with E-state index in [2.05, 4.69) is 43.9 Å². The molecule has 7 nitrogen and oxygen atoms in total. The second kappa shape index (κ2) is 7.25. The Morgan fingerprint density at radius 2 is 1.88 bits per heavy atom. The SMILES string of the molecule is CCN(CC)C1(c2nnnn2C2CCCC2)CCN(C(=O)C2CCC2)C1. The summed E-state index contributed by atoms with van der Waals surface area (Å²) in [5.41, 5.74) is -0.241. The zero-order valence-electron chi connectivity index (χ0n) is 16.2. The summed E-state index contributed by atoms with van der Waals surface area (Å²) in [5, 5.41) is 13.0. The Kier molecular flexibility index (Phi) is 4.99. The number of likely N-dealkylation sites (tertiary alicyclic amines) is 1. The van der Waals surface area contributed by atoms with Crippen LogP contribution < -0.4 is 0 Å². The highest BCUT2D eigenvalue weighted by molar-refractivity contribution is 5.80. The van der Waals surface area contributed by atoms with Gasteiger partial charge in [-0.3, -0.25) is 9.69 Å². The number of rotatable bonds is 6. The number of carbonyl (C=O) groups is 1. The summed E-state index contributed by atoms with van der Waals surface area (Å²) in [5.74, 6) is 1.59. The molecule has 0 aromatic carbocycles. The van der Waals surface area contributed by atoms with E-state index in [1.165, 1.54) is 19.3 Å². The van der Waals surface area contributed by atoms with E-state index < -0.39 is 0 Å². The predicted octanol–water partition coefficient (Wildman–Crippen LogP) is 2.36. The highest BCUT2D eigenvalue weighted by atomic mass is 16.2. The van der Waals surface area contributed by atoms with Crippen molar-refractivity contribution in [3.63, 3.8) is 0 Å². The molecule has 1 aliphatic heterocycles. The fourth-order valence-corrected chi connectivity index (χ4v) is 5.20. The normalized spacial score (nSPS) is 27.4. The van der Waals surface area contributed by atoms with Gasteiger partial charge in [-0.2, -0.15) is 0 Å². The number of hydrogen-bond donors (Lipinski definition) is 0. The van der Waals surface area contributed by atoms with Crippen LogP contribution in [0.4, 0.5) is 0 Å². The van der Waals surface area contributed by atoms with Crippen LogP contribution in [0.15, 0.2) is 0 Å². The van der Waals surface area contributed by atoms with Crippen molar-refractivity contribution in [2.24, 2.45) is 5.92 Å². The van der Waals surface area contributed by atoms with E-state index in [1.54, 1.807) is 0 Å². The van der Waals surface area contributed by atoms with Crippen LogP contribution in [0.5, 0.6) is 0 Å². The third-order valence-electron chi connectivity index (χ3n) is 6.96. The number of aromatic nitrogens is 4. The summed E-state index contributed by atoms with van der Waals surface area (Å²) in [4.78, 5) is 17.4. The van der Waals surface area contributed by atoms with E-state index in [9.17, 15) is 4.79 Å². The number of likely N-dealkylation sites (N-methyl/N-ethyl adjacent to an activating group) is 1. The van der Waals surface area contributed by atoms with Crippen molar-refractivity contribution in [1.29, 1.82) is 0 Å². The molecular formula is C19H32N6O. The molecule has 2 aliphatic carbocycles. The van der Waals surface area contributed by atoms with Gasteiger partial charge in [0.05, 0.1) is 6.04 Å². The van der Waals surface area contributed by atoms with E-state index in [1.807, 2.05) is 0 Å². The van der Waals surface area contributed by atoms with Gasteiger partial charge in [-0.25, -0.2) is 4.68 Å². The van der Waals surface area contributed by atoms with E-state index in [0.717, 1.165) is 64.1 Å². The van der Waals surface area contributed by atoms with Gasteiger partial charge >= 0.3 is 0 Å². The maximum Gasteiger partial charge on any atom is 0.225 e. The fourth-order valence-electron chi connectivity index (χ4n) is 5.20. The molecule has 0 radical (unpaired) electrons. The Bertz CT molecular complexity index is 632. The van der Waals surface area contributed by atoms with Crippen molar-refractivity contribution in [1.82, 2.24) is 30.0 Å². The smallest absolute Gasteiger partial charge is 0.225 e. The Morgan fingerprint density at radius 1 is 1.15 bits per heavy atom. The Morgan fingerprint density at radius 3 is 2.50 bits per heavy atom. The molecule has 0 spiro atoms. The van der Waals surface area contributed by atoms with Crippen LogP contribution >= 0.6 is 0 Å². The van der Waals surface area contributed by atoms with Gasteiger partial charge in [-0.1, -0.05) is 33.1 Å². The summed E-state index contributed by atoms with van der Waals surface area (Å²) in [6.45, 7) is 7.84. The van der Waals surface area contributed by atoms with Crippen LogP contribution in [-0.2, 0) is 10.3 Å². The van der Waals surface area contributed by atoms with Crippen LogP contribution in [0.25, 0.3) is 0 Å². The minimum atomic E-state index is -0.241. The lowest BCUT2D eigenvalue weighted by atomic mass is 9.84. The van der Waals surface area contributed by atoms with Crippen molar-refractivity contribution >= 4 is 5.91 Å².